The fraction of sp³-hybridized carbons (Fsp3) is 0.250. The first-order chi connectivity index (χ1) is 13.2. The second-order valence-electron chi connectivity index (χ2n) is 6.51. The first kappa shape index (κ1) is 17.5. The van der Waals surface area contributed by atoms with Gasteiger partial charge < -0.3 is 16.0 Å². The van der Waals surface area contributed by atoms with E-state index in [0.29, 0.717) is 15.7 Å². The molecule has 0 aliphatic carbocycles. The summed E-state index contributed by atoms with van der Waals surface area (Å²) in [4.78, 5) is 15.4. The number of amides is 1. The van der Waals surface area contributed by atoms with Crippen LogP contribution in [0.2, 0.25) is 0 Å². The van der Waals surface area contributed by atoms with Gasteiger partial charge >= 0.3 is 0 Å². The normalized spacial score (nSPS) is 14.9. The van der Waals surface area contributed by atoms with E-state index < -0.39 is 0 Å². The lowest BCUT2D eigenvalue weighted by Gasteiger charge is -2.22. The van der Waals surface area contributed by atoms with Crippen molar-refractivity contribution in [2.75, 3.05) is 23.7 Å². The predicted octanol–water partition coefficient (Wildman–Crippen LogP) is 3.24. The zero-order valence-corrected chi connectivity index (χ0v) is 15.7. The summed E-state index contributed by atoms with van der Waals surface area (Å²) in [5.74, 6) is -0.125. The van der Waals surface area contributed by atoms with E-state index in [-0.39, 0.29) is 11.9 Å². The Labute approximate surface area is 162 Å². The third-order valence-electron chi connectivity index (χ3n) is 4.71. The lowest BCUT2D eigenvalue weighted by atomic mass is 10.1. The highest BCUT2D eigenvalue weighted by Gasteiger charge is 2.24. The highest BCUT2D eigenvalue weighted by Crippen LogP contribution is 2.28. The van der Waals surface area contributed by atoms with E-state index in [1.54, 1.807) is 0 Å². The molecule has 0 spiro atoms. The largest absolute Gasteiger partial charge is 0.374 e. The Bertz CT molecular complexity index is 921. The molecule has 2 heterocycles. The minimum absolute atomic E-state index is 0.125. The van der Waals surface area contributed by atoms with Crippen LogP contribution in [0.25, 0.3) is 0 Å². The summed E-state index contributed by atoms with van der Waals surface area (Å²) in [5, 5.41) is 12.3. The number of carbonyl (C=O) groups is 1. The molecule has 1 aliphatic heterocycles. The van der Waals surface area contributed by atoms with Gasteiger partial charge in [0.1, 0.15) is 11.0 Å². The second-order valence-corrected chi connectivity index (χ2v) is 7.55. The van der Waals surface area contributed by atoms with Crippen LogP contribution in [0.15, 0.2) is 54.6 Å². The molecule has 1 atom stereocenters. The molecule has 138 valence electrons. The number of nitrogens with one attached hydrogen (secondary N) is 1. The monoisotopic (exact) mass is 379 g/mol. The molecule has 4 rings (SSSR count). The summed E-state index contributed by atoms with van der Waals surface area (Å²) in [6.45, 7) is 1.97. The van der Waals surface area contributed by atoms with Crippen molar-refractivity contribution in [1.82, 2.24) is 15.5 Å². The van der Waals surface area contributed by atoms with Crippen molar-refractivity contribution in [3.05, 3.63) is 70.7 Å². The van der Waals surface area contributed by atoms with Crippen molar-refractivity contribution in [2.24, 2.45) is 0 Å². The zero-order chi connectivity index (χ0) is 18.6. The third kappa shape index (κ3) is 3.78. The predicted molar refractivity (Wildman–Crippen MR) is 108 cm³/mol. The Morgan fingerprint density at radius 3 is 2.44 bits per heavy atom. The molecule has 1 aromatic heterocycles. The van der Waals surface area contributed by atoms with Crippen LogP contribution < -0.4 is 16.0 Å². The Balaban J connectivity index is 1.65. The number of hydrogen-bond donors (Lipinski definition) is 2. The van der Waals surface area contributed by atoms with Gasteiger partial charge in [-0.2, -0.15) is 0 Å². The maximum Gasteiger partial charge on any atom is 0.254 e. The maximum atomic E-state index is 13.2. The molecule has 1 unspecified atom stereocenters. The molecule has 1 aliphatic rings. The first-order valence-corrected chi connectivity index (χ1v) is 9.82. The quantitative estimate of drug-likeness (QED) is 0.711. The van der Waals surface area contributed by atoms with Gasteiger partial charge in [0.15, 0.2) is 0 Å². The molecule has 7 heteroatoms. The van der Waals surface area contributed by atoms with Gasteiger partial charge in [0.05, 0.1) is 5.56 Å². The highest BCUT2D eigenvalue weighted by atomic mass is 32.1. The van der Waals surface area contributed by atoms with Gasteiger partial charge in [-0.15, -0.1) is 10.2 Å². The summed E-state index contributed by atoms with van der Waals surface area (Å²) >= 11 is 1.29. The molecule has 3 aromatic rings. The lowest BCUT2D eigenvalue weighted by Crippen LogP contribution is -2.31. The van der Waals surface area contributed by atoms with Crippen molar-refractivity contribution in [1.29, 1.82) is 0 Å². The van der Waals surface area contributed by atoms with E-state index >= 15 is 0 Å². The van der Waals surface area contributed by atoms with Crippen LogP contribution in [-0.2, 0) is 0 Å². The van der Waals surface area contributed by atoms with Gasteiger partial charge in [0, 0.05) is 18.8 Å². The molecule has 1 saturated heterocycles. The smallest absolute Gasteiger partial charge is 0.254 e. The van der Waals surface area contributed by atoms with Crippen LogP contribution in [0.1, 0.15) is 39.8 Å². The molecule has 2 aromatic carbocycles. The molecular weight excluding hydrogens is 358 g/mol. The molecule has 0 bridgehead atoms. The number of aromatic nitrogens is 2. The first-order valence-electron chi connectivity index (χ1n) is 9.01. The van der Waals surface area contributed by atoms with Gasteiger partial charge in [0.25, 0.3) is 5.91 Å². The van der Waals surface area contributed by atoms with Crippen LogP contribution in [0.4, 0.5) is 10.8 Å². The summed E-state index contributed by atoms with van der Waals surface area (Å²) < 4.78 is 0. The van der Waals surface area contributed by atoms with Gasteiger partial charge in [-0.05, 0) is 30.5 Å². The number of nitrogen functional groups attached to an aromatic ring is 1. The number of hydrogen-bond acceptors (Lipinski definition) is 6. The molecule has 3 N–H and O–H groups in total. The van der Waals surface area contributed by atoms with Crippen molar-refractivity contribution >= 4 is 28.1 Å². The average Bonchev–Trinajstić information content (AvgIpc) is 3.38. The van der Waals surface area contributed by atoms with Crippen molar-refractivity contribution in [2.45, 2.75) is 18.9 Å². The van der Waals surface area contributed by atoms with Crippen LogP contribution in [0.5, 0.6) is 0 Å². The van der Waals surface area contributed by atoms with E-state index in [1.165, 1.54) is 11.3 Å². The fourth-order valence-electron chi connectivity index (χ4n) is 3.40. The van der Waals surface area contributed by atoms with Crippen molar-refractivity contribution < 1.29 is 4.79 Å². The number of para-hydroxylation sites is 1. The van der Waals surface area contributed by atoms with Crippen LogP contribution in [0.3, 0.4) is 0 Å². The molecule has 0 saturated carbocycles. The van der Waals surface area contributed by atoms with E-state index in [0.717, 1.165) is 37.2 Å². The maximum absolute atomic E-state index is 13.2. The average molecular weight is 379 g/mol. The summed E-state index contributed by atoms with van der Waals surface area (Å²) in [6.07, 6.45) is 2.32. The van der Waals surface area contributed by atoms with Crippen molar-refractivity contribution in [3.63, 3.8) is 0 Å². The van der Waals surface area contributed by atoms with Gasteiger partial charge in [-0.3, -0.25) is 4.79 Å². The van der Waals surface area contributed by atoms with E-state index in [2.05, 4.69) is 20.4 Å². The molecule has 0 radical (unpaired) electrons. The minimum atomic E-state index is -0.389. The minimum Gasteiger partial charge on any atom is -0.374 e. The molecule has 1 amide bonds. The van der Waals surface area contributed by atoms with E-state index in [1.807, 2.05) is 54.6 Å². The number of rotatable bonds is 5. The highest BCUT2D eigenvalue weighted by molar-refractivity contribution is 7.15. The molecular formula is C20H21N5OS. The number of anilines is 2. The Morgan fingerprint density at radius 2 is 1.74 bits per heavy atom. The summed E-state index contributed by atoms with van der Waals surface area (Å²) in [5.41, 5.74) is 8.37. The number of nitrogens with zero attached hydrogens (tertiary/aromatic N) is 3. The van der Waals surface area contributed by atoms with Crippen LogP contribution in [0, 0.1) is 0 Å². The molecule has 1 fully saturated rings. The van der Waals surface area contributed by atoms with Crippen molar-refractivity contribution in [3.8, 4) is 0 Å². The molecule has 27 heavy (non-hydrogen) atoms. The van der Waals surface area contributed by atoms with Gasteiger partial charge in [-0.1, -0.05) is 53.8 Å². The topological polar surface area (TPSA) is 84.1 Å². The molecule has 6 nitrogen and oxygen atoms in total. The van der Waals surface area contributed by atoms with Crippen LogP contribution >= 0.6 is 11.3 Å². The Hall–Kier alpha value is -2.93. The van der Waals surface area contributed by atoms with Gasteiger partial charge in [-0.25, -0.2) is 0 Å². The summed E-state index contributed by atoms with van der Waals surface area (Å²) in [6, 6.07) is 17.1. The fourth-order valence-corrected chi connectivity index (χ4v) is 4.10. The number of nitrogens with two attached hydrogens (primary N) is 1. The van der Waals surface area contributed by atoms with E-state index in [4.69, 9.17) is 5.73 Å². The second kappa shape index (κ2) is 7.75. The standard InChI is InChI=1S/C20H21N5OS/c21-20-24-23-19(27-20)17(14-8-2-1-3-9-14)22-18(26)15-10-4-5-11-16(15)25-12-6-7-13-25/h1-5,8-11,17H,6-7,12-13H2,(H2,21,24)(H,22,26). The Morgan fingerprint density at radius 1 is 1.04 bits per heavy atom. The van der Waals surface area contributed by atoms with Gasteiger partial charge in [0.2, 0.25) is 5.13 Å². The number of benzene rings is 2. The number of carbonyl (C=O) groups excluding carboxylic acids is 1. The third-order valence-corrected chi connectivity index (χ3v) is 5.52. The Kier molecular flexibility index (Phi) is 5.02. The SMILES string of the molecule is Nc1nnc(C(NC(=O)c2ccccc2N2CCCC2)c2ccccc2)s1. The zero-order valence-electron chi connectivity index (χ0n) is 14.8. The summed E-state index contributed by atoms with van der Waals surface area (Å²) in [7, 11) is 0. The lowest BCUT2D eigenvalue weighted by molar-refractivity contribution is 0.0943. The van der Waals surface area contributed by atoms with Crippen LogP contribution in [-0.4, -0.2) is 29.2 Å². The van der Waals surface area contributed by atoms with E-state index in [9.17, 15) is 4.79 Å².